The summed E-state index contributed by atoms with van der Waals surface area (Å²) in [5, 5.41) is 14.0. The zero-order valence-electron chi connectivity index (χ0n) is 11.5. The van der Waals surface area contributed by atoms with Crippen LogP contribution in [0.5, 0.6) is 0 Å². The maximum absolute atomic E-state index is 11.2. The number of nitroso groups, excluding NO2 is 1. The minimum atomic E-state index is -0.967. The monoisotopic (exact) mass is 338 g/mol. The summed E-state index contributed by atoms with van der Waals surface area (Å²) >= 11 is 11.9. The zero-order chi connectivity index (χ0) is 16.3. The van der Waals surface area contributed by atoms with Gasteiger partial charge in [-0.05, 0) is 48.9 Å². The molecular formula is C15H12Cl2N2O3. The third-order valence-corrected chi connectivity index (χ3v) is 3.79. The lowest BCUT2D eigenvalue weighted by molar-refractivity contribution is -0.138. The maximum Gasteiger partial charge on any atom is 0.310 e. The van der Waals surface area contributed by atoms with Crippen LogP contribution in [-0.2, 0) is 4.79 Å². The van der Waals surface area contributed by atoms with E-state index < -0.39 is 11.9 Å². The van der Waals surface area contributed by atoms with Gasteiger partial charge in [-0.1, -0.05) is 29.3 Å². The molecule has 2 rings (SSSR count). The van der Waals surface area contributed by atoms with Gasteiger partial charge >= 0.3 is 5.97 Å². The molecule has 0 fully saturated rings. The summed E-state index contributed by atoms with van der Waals surface area (Å²) in [7, 11) is 0. The summed E-state index contributed by atoms with van der Waals surface area (Å²) < 4.78 is 0. The smallest absolute Gasteiger partial charge is 0.310 e. The van der Waals surface area contributed by atoms with Gasteiger partial charge in [0.1, 0.15) is 0 Å². The van der Waals surface area contributed by atoms with E-state index in [0.29, 0.717) is 22.0 Å². The molecule has 0 spiro atoms. The van der Waals surface area contributed by atoms with Gasteiger partial charge in [-0.3, -0.25) is 4.79 Å². The molecule has 0 heterocycles. The molecule has 114 valence electrons. The van der Waals surface area contributed by atoms with E-state index in [-0.39, 0.29) is 5.02 Å². The van der Waals surface area contributed by atoms with Crippen molar-refractivity contribution in [2.75, 3.05) is 5.01 Å². The molecule has 1 unspecified atom stereocenters. The second kappa shape index (κ2) is 6.77. The largest absolute Gasteiger partial charge is 0.481 e. The number of benzene rings is 2. The van der Waals surface area contributed by atoms with Crippen molar-refractivity contribution < 1.29 is 9.90 Å². The Morgan fingerprint density at radius 3 is 2.36 bits per heavy atom. The SMILES string of the molecule is CC(C(=O)O)c1ccc(Cl)c(N(N=O)c2ccc(Cl)cc2)c1. The molecule has 0 saturated heterocycles. The molecule has 5 nitrogen and oxygen atoms in total. The highest BCUT2D eigenvalue weighted by molar-refractivity contribution is 6.33. The molecule has 1 N–H and O–H groups in total. The Kier molecular flexibility index (Phi) is 5.00. The van der Waals surface area contributed by atoms with E-state index in [1.54, 1.807) is 43.3 Å². The third-order valence-electron chi connectivity index (χ3n) is 3.22. The van der Waals surface area contributed by atoms with Gasteiger partial charge in [-0.15, -0.1) is 4.91 Å². The van der Waals surface area contributed by atoms with E-state index in [1.165, 1.54) is 6.07 Å². The minimum absolute atomic E-state index is 0.288. The summed E-state index contributed by atoms with van der Waals surface area (Å²) in [4.78, 5) is 22.3. The molecule has 0 aliphatic heterocycles. The Labute approximate surface area is 137 Å². The van der Waals surface area contributed by atoms with Crippen LogP contribution in [0.15, 0.2) is 47.8 Å². The third kappa shape index (κ3) is 3.37. The average Bonchev–Trinajstić information content (AvgIpc) is 2.50. The summed E-state index contributed by atoms with van der Waals surface area (Å²) in [6, 6.07) is 11.2. The van der Waals surface area contributed by atoms with Crippen LogP contribution in [0.25, 0.3) is 0 Å². The molecule has 0 saturated carbocycles. The van der Waals surface area contributed by atoms with E-state index in [4.69, 9.17) is 28.3 Å². The molecule has 22 heavy (non-hydrogen) atoms. The molecular weight excluding hydrogens is 327 g/mol. The number of nitrogens with zero attached hydrogens (tertiary/aromatic N) is 2. The van der Waals surface area contributed by atoms with E-state index in [0.717, 1.165) is 5.01 Å². The highest BCUT2D eigenvalue weighted by atomic mass is 35.5. The van der Waals surface area contributed by atoms with E-state index in [9.17, 15) is 9.70 Å². The maximum atomic E-state index is 11.2. The van der Waals surface area contributed by atoms with E-state index in [1.807, 2.05) is 0 Å². The lowest BCUT2D eigenvalue weighted by Crippen LogP contribution is -2.11. The summed E-state index contributed by atoms with van der Waals surface area (Å²) in [6.45, 7) is 1.55. The second-order valence-electron chi connectivity index (χ2n) is 4.64. The van der Waals surface area contributed by atoms with Crippen molar-refractivity contribution in [3.05, 3.63) is 63.0 Å². The Morgan fingerprint density at radius 1 is 1.18 bits per heavy atom. The zero-order valence-corrected chi connectivity index (χ0v) is 13.0. The van der Waals surface area contributed by atoms with Gasteiger partial charge in [0, 0.05) is 5.02 Å². The first-order valence-electron chi connectivity index (χ1n) is 6.35. The van der Waals surface area contributed by atoms with Crippen LogP contribution in [0.3, 0.4) is 0 Å². The van der Waals surface area contributed by atoms with Gasteiger partial charge < -0.3 is 5.11 Å². The molecule has 1 atom stereocenters. The Balaban J connectivity index is 2.48. The van der Waals surface area contributed by atoms with Crippen molar-refractivity contribution in [3.63, 3.8) is 0 Å². The number of carboxylic acids is 1. The summed E-state index contributed by atoms with van der Waals surface area (Å²) in [5.74, 6) is -1.69. The van der Waals surface area contributed by atoms with E-state index in [2.05, 4.69) is 5.29 Å². The van der Waals surface area contributed by atoms with E-state index >= 15 is 0 Å². The van der Waals surface area contributed by atoms with Crippen LogP contribution < -0.4 is 5.01 Å². The van der Waals surface area contributed by atoms with Crippen molar-refractivity contribution in [3.8, 4) is 0 Å². The Bertz CT molecular complexity index is 704. The fourth-order valence-electron chi connectivity index (χ4n) is 1.92. The fraction of sp³-hybridized carbons (Fsp3) is 0.133. The number of halogens is 2. The molecule has 2 aromatic rings. The van der Waals surface area contributed by atoms with Crippen LogP contribution >= 0.6 is 23.2 Å². The fourth-order valence-corrected chi connectivity index (χ4v) is 2.24. The number of carbonyl (C=O) groups is 1. The highest BCUT2D eigenvalue weighted by Crippen LogP contribution is 2.35. The van der Waals surface area contributed by atoms with Crippen molar-refractivity contribution in [2.24, 2.45) is 5.29 Å². The van der Waals surface area contributed by atoms with Crippen LogP contribution in [0.4, 0.5) is 11.4 Å². The highest BCUT2D eigenvalue weighted by Gasteiger charge is 2.19. The normalized spacial score (nSPS) is 11.8. The van der Waals surface area contributed by atoms with Crippen molar-refractivity contribution in [2.45, 2.75) is 12.8 Å². The van der Waals surface area contributed by atoms with Crippen LogP contribution in [-0.4, -0.2) is 11.1 Å². The summed E-state index contributed by atoms with van der Waals surface area (Å²) in [6.07, 6.45) is 0. The van der Waals surface area contributed by atoms with Gasteiger partial charge in [0.05, 0.1) is 27.6 Å². The Hall–Kier alpha value is -2.11. The number of hydrogen-bond donors (Lipinski definition) is 1. The molecule has 0 aromatic heterocycles. The number of anilines is 2. The van der Waals surface area contributed by atoms with Crippen LogP contribution in [0.1, 0.15) is 18.4 Å². The standard InChI is InChI=1S/C15H12Cl2N2O3/c1-9(15(20)21)10-2-7-13(17)14(8-10)19(18-22)12-5-3-11(16)4-6-12/h2-9H,1H3,(H,20,21). The van der Waals surface area contributed by atoms with Gasteiger partial charge in [0.2, 0.25) is 0 Å². The number of aliphatic carboxylic acids is 1. The first kappa shape index (κ1) is 16.3. The van der Waals surface area contributed by atoms with Crippen LogP contribution in [0.2, 0.25) is 10.0 Å². The van der Waals surface area contributed by atoms with Crippen molar-refractivity contribution in [1.82, 2.24) is 0 Å². The molecule has 2 aromatic carbocycles. The van der Waals surface area contributed by atoms with Gasteiger partial charge in [0.15, 0.2) is 0 Å². The molecule has 0 aliphatic rings. The summed E-state index contributed by atoms with van der Waals surface area (Å²) in [5.41, 5.74) is 1.31. The molecule has 0 radical (unpaired) electrons. The predicted molar refractivity (Wildman–Crippen MR) is 86.9 cm³/mol. The van der Waals surface area contributed by atoms with Crippen molar-refractivity contribution in [1.29, 1.82) is 0 Å². The number of carboxylic acid groups (broad SMARTS) is 1. The van der Waals surface area contributed by atoms with Gasteiger partial charge in [-0.25, -0.2) is 0 Å². The van der Waals surface area contributed by atoms with Crippen molar-refractivity contribution >= 4 is 40.5 Å². The second-order valence-corrected chi connectivity index (χ2v) is 5.48. The first-order valence-corrected chi connectivity index (χ1v) is 7.11. The molecule has 7 heteroatoms. The topological polar surface area (TPSA) is 70.0 Å². The number of rotatable bonds is 5. The van der Waals surface area contributed by atoms with Gasteiger partial charge in [-0.2, -0.15) is 5.01 Å². The molecule has 0 amide bonds. The molecule has 0 bridgehead atoms. The number of hydrogen-bond acceptors (Lipinski definition) is 3. The average molecular weight is 339 g/mol. The van der Waals surface area contributed by atoms with Crippen LogP contribution in [0, 0.1) is 4.91 Å². The molecule has 0 aliphatic carbocycles. The van der Waals surface area contributed by atoms with Gasteiger partial charge in [0.25, 0.3) is 0 Å². The first-order chi connectivity index (χ1) is 10.4. The Morgan fingerprint density at radius 2 is 1.82 bits per heavy atom. The quantitative estimate of drug-likeness (QED) is 0.615. The minimum Gasteiger partial charge on any atom is -0.481 e. The lowest BCUT2D eigenvalue weighted by atomic mass is 10.0. The lowest BCUT2D eigenvalue weighted by Gasteiger charge is -2.18. The predicted octanol–water partition coefficient (Wildman–Crippen LogP) is 5.00.